The maximum atomic E-state index is 15.9. The standard InChI is InChI=1S/C28H35ClF2N4O5S/c1-17(2)15-35(19-6-4-3-5-7-19)26-22(31)13-20(40-16-25(36)34-28(10-11-28)41(38)39)14-24(26)33-27(37)32-23-9-8-18(29)12-21(23)30/h8-9,12-14,17,19,41H,3-7,10-11,15-16H2,1-2H3,(H,34,36)(H2,32,33,37). The Labute approximate surface area is 244 Å². The molecule has 2 aromatic rings. The van der Waals surface area contributed by atoms with Crippen molar-refractivity contribution < 1.29 is 31.5 Å². The van der Waals surface area contributed by atoms with E-state index in [9.17, 15) is 22.4 Å². The minimum Gasteiger partial charge on any atom is -0.484 e. The Morgan fingerprint density at radius 2 is 1.73 bits per heavy atom. The van der Waals surface area contributed by atoms with Crippen LogP contribution in [0, 0.1) is 17.6 Å². The van der Waals surface area contributed by atoms with E-state index >= 15 is 4.39 Å². The topological polar surface area (TPSA) is 117 Å². The molecule has 3 N–H and O–H groups in total. The summed E-state index contributed by atoms with van der Waals surface area (Å²) in [6.45, 7) is 4.02. The van der Waals surface area contributed by atoms with Crippen LogP contribution in [0.15, 0.2) is 30.3 Å². The van der Waals surface area contributed by atoms with Crippen molar-refractivity contribution in [2.24, 2.45) is 5.92 Å². The Hall–Kier alpha value is -3.12. The molecule has 4 rings (SSSR count). The number of anilines is 3. The SMILES string of the molecule is CC(C)CN(c1c(F)cc(OCC(=O)NC2([SH](=O)=O)CC2)cc1NC(=O)Nc1ccc(Cl)cc1F)C1CCCCC1. The molecule has 13 heteroatoms. The second kappa shape index (κ2) is 13.2. The molecule has 2 fully saturated rings. The molecule has 2 aliphatic rings. The first kappa shape index (κ1) is 30.8. The van der Waals surface area contributed by atoms with E-state index in [0.717, 1.165) is 44.2 Å². The van der Waals surface area contributed by atoms with E-state index in [0.29, 0.717) is 19.4 Å². The molecule has 0 unspecified atom stereocenters. The normalized spacial score (nSPS) is 16.4. The van der Waals surface area contributed by atoms with E-state index in [1.165, 1.54) is 18.2 Å². The Bertz CT molecular complexity index is 1360. The second-order valence-corrected chi connectivity index (χ2v) is 12.8. The molecule has 0 aliphatic heterocycles. The quantitative estimate of drug-likeness (QED) is 0.244. The highest BCUT2D eigenvalue weighted by Crippen LogP contribution is 2.39. The van der Waals surface area contributed by atoms with Gasteiger partial charge in [-0.2, -0.15) is 0 Å². The summed E-state index contributed by atoms with van der Waals surface area (Å²) in [6.07, 6.45) is 5.51. The zero-order valence-electron chi connectivity index (χ0n) is 23.0. The largest absolute Gasteiger partial charge is 0.484 e. The molecule has 0 spiro atoms. The number of rotatable bonds is 11. The summed E-state index contributed by atoms with van der Waals surface area (Å²) in [4.78, 5) is 26.1. The van der Waals surface area contributed by atoms with Gasteiger partial charge in [0.25, 0.3) is 5.91 Å². The summed E-state index contributed by atoms with van der Waals surface area (Å²) < 4.78 is 58.6. The summed E-state index contributed by atoms with van der Waals surface area (Å²) in [6, 6.07) is 5.58. The van der Waals surface area contributed by atoms with Crippen LogP contribution in [0.25, 0.3) is 0 Å². The van der Waals surface area contributed by atoms with Gasteiger partial charge in [-0.1, -0.05) is 44.7 Å². The van der Waals surface area contributed by atoms with Crippen molar-refractivity contribution in [3.8, 4) is 5.75 Å². The summed E-state index contributed by atoms with van der Waals surface area (Å²) >= 11 is 5.81. The van der Waals surface area contributed by atoms with E-state index in [2.05, 4.69) is 16.0 Å². The van der Waals surface area contributed by atoms with Crippen molar-refractivity contribution >= 4 is 51.3 Å². The van der Waals surface area contributed by atoms with Crippen LogP contribution in [0.3, 0.4) is 0 Å². The lowest BCUT2D eigenvalue weighted by Gasteiger charge is -2.38. The van der Waals surface area contributed by atoms with Crippen LogP contribution in [0.5, 0.6) is 5.75 Å². The average molecular weight is 613 g/mol. The van der Waals surface area contributed by atoms with E-state index < -0.39 is 45.8 Å². The number of thiol groups is 1. The van der Waals surface area contributed by atoms with Crippen molar-refractivity contribution in [2.45, 2.75) is 69.7 Å². The average Bonchev–Trinajstić information content (AvgIpc) is 3.69. The molecule has 0 radical (unpaired) electrons. The van der Waals surface area contributed by atoms with E-state index in [4.69, 9.17) is 16.3 Å². The number of carbonyl (C=O) groups is 2. The van der Waals surface area contributed by atoms with Crippen LogP contribution in [-0.4, -0.2) is 44.4 Å². The van der Waals surface area contributed by atoms with Crippen LogP contribution in [-0.2, 0) is 15.5 Å². The van der Waals surface area contributed by atoms with Crippen LogP contribution in [0.1, 0.15) is 58.8 Å². The fraction of sp³-hybridized carbons (Fsp3) is 0.500. The first-order chi connectivity index (χ1) is 19.5. The van der Waals surface area contributed by atoms with Gasteiger partial charge in [0.05, 0.1) is 17.1 Å². The van der Waals surface area contributed by atoms with Crippen molar-refractivity contribution in [2.75, 3.05) is 28.7 Å². The van der Waals surface area contributed by atoms with Crippen molar-refractivity contribution in [3.05, 3.63) is 47.0 Å². The number of amides is 3. The van der Waals surface area contributed by atoms with Gasteiger partial charge >= 0.3 is 6.03 Å². The maximum absolute atomic E-state index is 15.9. The van der Waals surface area contributed by atoms with E-state index in [1.807, 2.05) is 18.7 Å². The molecular weight excluding hydrogens is 578 g/mol. The Balaban J connectivity index is 1.62. The summed E-state index contributed by atoms with van der Waals surface area (Å²) in [5, 5.41) is 7.66. The molecule has 41 heavy (non-hydrogen) atoms. The molecule has 0 bridgehead atoms. The lowest BCUT2D eigenvalue weighted by molar-refractivity contribution is -0.123. The van der Waals surface area contributed by atoms with Gasteiger partial charge in [-0.3, -0.25) is 4.79 Å². The fourth-order valence-electron chi connectivity index (χ4n) is 5.04. The first-order valence-electron chi connectivity index (χ1n) is 13.7. The van der Waals surface area contributed by atoms with Gasteiger partial charge in [0.1, 0.15) is 16.4 Å². The van der Waals surface area contributed by atoms with Crippen LogP contribution in [0.4, 0.5) is 30.6 Å². The third-order valence-electron chi connectivity index (χ3n) is 7.14. The van der Waals surface area contributed by atoms with E-state index in [1.54, 1.807) is 0 Å². The molecule has 0 aromatic heterocycles. The van der Waals surface area contributed by atoms with Gasteiger partial charge in [0.2, 0.25) is 0 Å². The molecule has 2 aliphatic carbocycles. The molecule has 0 atom stereocenters. The predicted molar refractivity (Wildman–Crippen MR) is 155 cm³/mol. The third-order valence-corrected chi connectivity index (χ3v) is 8.64. The van der Waals surface area contributed by atoms with Crippen molar-refractivity contribution in [1.82, 2.24) is 5.32 Å². The number of benzene rings is 2. The molecular formula is C28H35ClF2N4O5S. The van der Waals surface area contributed by atoms with E-state index in [-0.39, 0.29) is 39.8 Å². The Kier molecular flexibility index (Phi) is 9.96. The van der Waals surface area contributed by atoms with Gasteiger partial charge in [-0.15, -0.1) is 0 Å². The maximum Gasteiger partial charge on any atom is 0.323 e. The van der Waals surface area contributed by atoms with Crippen LogP contribution < -0.4 is 25.6 Å². The molecule has 224 valence electrons. The number of carbonyl (C=O) groups excluding carboxylic acids is 2. The van der Waals surface area contributed by atoms with Crippen LogP contribution in [0.2, 0.25) is 5.02 Å². The van der Waals surface area contributed by atoms with Gasteiger partial charge in [-0.05, 0) is 49.8 Å². The lowest BCUT2D eigenvalue weighted by Crippen LogP contribution is -2.41. The molecule has 2 saturated carbocycles. The number of halogens is 3. The number of ether oxygens (including phenoxy) is 1. The number of nitrogens with one attached hydrogen (secondary N) is 3. The molecule has 0 saturated heterocycles. The van der Waals surface area contributed by atoms with Crippen molar-refractivity contribution in [1.29, 1.82) is 0 Å². The highest BCUT2D eigenvalue weighted by molar-refractivity contribution is 7.74. The van der Waals surface area contributed by atoms with Gasteiger partial charge in [0.15, 0.2) is 23.1 Å². The minimum atomic E-state index is -2.84. The Morgan fingerprint density at radius 1 is 1.05 bits per heavy atom. The number of nitrogens with zero attached hydrogens (tertiary/aromatic N) is 1. The summed E-state index contributed by atoms with van der Waals surface area (Å²) in [5.41, 5.74) is 0.143. The van der Waals surface area contributed by atoms with Crippen LogP contribution >= 0.6 is 11.6 Å². The number of hydrogen-bond acceptors (Lipinski definition) is 6. The van der Waals surface area contributed by atoms with Gasteiger partial charge in [-0.25, -0.2) is 22.0 Å². The molecule has 9 nitrogen and oxygen atoms in total. The monoisotopic (exact) mass is 612 g/mol. The van der Waals surface area contributed by atoms with Gasteiger partial charge < -0.3 is 25.6 Å². The van der Waals surface area contributed by atoms with Gasteiger partial charge in [0, 0.05) is 29.7 Å². The molecule has 0 heterocycles. The first-order valence-corrected chi connectivity index (χ1v) is 15.2. The zero-order valence-corrected chi connectivity index (χ0v) is 24.6. The summed E-state index contributed by atoms with van der Waals surface area (Å²) in [5.74, 6) is -1.93. The minimum absolute atomic E-state index is 0.0427. The third kappa shape index (κ3) is 8.00. The fourth-order valence-corrected chi connectivity index (χ4v) is 5.89. The van der Waals surface area contributed by atoms with Crippen molar-refractivity contribution in [3.63, 3.8) is 0 Å². The zero-order chi connectivity index (χ0) is 29.7. The smallest absolute Gasteiger partial charge is 0.323 e. The number of urea groups is 1. The molecule has 2 aromatic carbocycles. The predicted octanol–water partition coefficient (Wildman–Crippen LogP) is 5.65. The number of hydrogen-bond donors (Lipinski definition) is 4. The molecule has 3 amide bonds. The summed E-state index contributed by atoms with van der Waals surface area (Å²) in [7, 11) is -2.84. The lowest BCUT2D eigenvalue weighted by atomic mass is 9.93. The highest BCUT2D eigenvalue weighted by atomic mass is 35.5. The second-order valence-electron chi connectivity index (χ2n) is 11.0. The highest BCUT2D eigenvalue weighted by Gasteiger charge is 2.48. The Morgan fingerprint density at radius 3 is 2.34 bits per heavy atom.